The van der Waals surface area contributed by atoms with Crippen LogP contribution in [0.25, 0.3) is 5.57 Å². The van der Waals surface area contributed by atoms with Crippen molar-refractivity contribution in [2.75, 3.05) is 0 Å². The van der Waals surface area contributed by atoms with Crippen LogP contribution in [0.2, 0.25) is 0 Å². The van der Waals surface area contributed by atoms with Gasteiger partial charge in [0.2, 0.25) is 0 Å². The zero-order chi connectivity index (χ0) is 9.97. The van der Waals surface area contributed by atoms with E-state index < -0.39 is 0 Å². The lowest BCUT2D eigenvalue weighted by molar-refractivity contribution is 0.473. The minimum absolute atomic E-state index is 0.390. The number of phenolic OH excluding ortho intramolecular Hbond substituents is 1. The van der Waals surface area contributed by atoms with Gasteiger partial charge in [0.1, 0.15) is 5.75 Å². The predicted molar refractivity (Wildman–Crippen MR) is 62.3 cm³/mol. The Bertz CT molecular complexity index is 369. The van der Waals surface area contributed by atoms with Gasteiger partial charge in [-0.1, -0.05) is 22.0 Å². The third kappa shape index (κ3) is 2.01. The molecule has 0 saturated heterocycles. The van der Waals surface area contributed by atoms with Crippen LogP contribution >= 0.6 is 15.9 Å². The van der Waals surface area contributed by atoms with Crippen molar-refractivity contribution in [2.24, 2.45) is 0 Å². The van der Waals surface area contributed by atoms with Gasteiger partial charge in [0.05, 0.1) is 0 Å². The molecule has 1 aliphatic carbocycles. The molecule has 2 rings (SSSR count). The number of allylic oxidation sites excluding steroid dienone is 2. The van der Waals surface area contributed by atoms with Gasteiger partial charge in [-0.15, -0.1) is 0 Å². The molecule has 1 aliphatic rings. The highest BCUT2D eigenvalue weighted by molar-refractivity contribution is 9.10. The van der Waals surface area contributed by atoms with Crippen molar-refractivity contribution in [2.45, 2.75) is 25.7 Å². The minimum Gasteiger partial charge on any atom is -0.507 e. The second-order valence-electron chi connectivity index (χ2n) is 3.64. The summed E-state index contributed by atoms with van der Waals surface area (Å²) in [5.74, 6) is 0.390. The normalized spacial score (nSPS) is 16.5. The number of aromatic hydroxyl groups is 1. The van der Waals surface area contributed by atoms with Crippen molar-refractivity contribution in [3.05, 3.63) is 34.3 Å². The van der Waals surface area contributed by atoms with E-state index in [1.807, 2.05) is 12.1 Å². The fourth-order valence-electron chi connectivity index (χ4n) is 1.85. The van der Waals surface area contributed by atoms with Crippen molar-refractivity contribution in [3.63, 3.8) is 0 Å². The zero-order valence-electron chi connectivity index (χ0n) is 7.96. The Morgan fingerprint density at radius 3 is 2.79 bits per heavy atom. The Balaban J connectivity index is 2.39. The van der Waals surface area contributed by atoms with Gasteiger partial charge in [0.25, 0.3) is 0 Å². The SMILES string of the molecule is Oc1ccc(Br)cc1C1=CCCCC1. The van der Waals surface area contributed by atoms with Crippen LogP contribution in [0.5, 0.6) is 5.75 Å². The highest BCUT2D eigenvalue weighted by Crippen LogP contribution is 2.33. The summed E-state index contributed by atoms with van der Waals surface area (Å²) < 4.78 is 1.02. The monoisotopic (exact) mass is 252 g/mol. The average molecular weight is 253 g/mol. The molecule has 2 heteroatoms. The molecule has 0 bridgehead atoms. The van der Waals surface area contributed by atoms with E-state index in [0.717, 1.165) is 22.9 Å². The fraction of sp³-hybridized carbons (Fsp3) is 0.333. The molecule has 0 unspecified atom stereocenters. The molecule has 0 saturated carbocycles. The van der Waals surface area contributed by atoms with E-state index in [-0.39, 0.29) is 0 Å². The zero-order valence-corrected chi connectivity index (χ0v) is 9.55. The summed E-state index contributed by atoms with van der Waals surface area (Å²) in [6.45, 7) is 0. The van der Waals surface area contributed by atoms with Gasteiger partial charge in [-0.2, -0.15) is 0 Å². The molecule has 0 fully saturated rings. The van der Waals surface area contributed by atoms with Gasteiger partial charge in [-0.3, -0.25) is 0 Å². The molecule has 1 N–H and O–H groups in total. The van der Waals surface area contributed by atoms with Crippen molar-refractivity contribution in [3.8, 4) is 5.75 Å². The first-order valence-corrected chi connectivity index (χ1v) is 5.74. The molecule has 0 spiro atoms. The number of phenols is 1. The second kappa shape index (κ2) is 4.18. The van der Waals surface area contributed by atoms with Gasteiger partial charge >= 0.3 is 0 Å². The molecule has 0 aliphatic heterocycles. The molecule has 0 aromatic heterocycles. The summed E-state index contributed by atoms with van der Waals surface area (Å²) in [5.41, 5.74) is 2.27. The smallest absolute Gasteiger partial charge is 0.123 e. The van der Waals surface area contributed by atoms with Crippen LogP contribution in [0.3, 0.4) is 0 Å². The van der Waals surface area contributed by atoms with Crippen LogP contribution in [-0.4, -0.2) is 5.11 Å². The maximum absolute atomic E-state index is 9.73. The van der Waals surface area contributed by atoms with Crippen LogP contribution in [0.4, 0.5) is 0 Å². The van der Waals surface area contributed by atoms with Gasteiger partial charge in [0, 0.05) is 10.0 Å². The van der Waals surface area contributed by atoms with Gasteiger partial charge < -0.3 is 5.11 Å². The molecule has 1 nitrogen and oxygen atoms in total. The van der Waals surface area contributed by atoms with E-state index >= 15 is 0 Å². The molecule has 0 radical (unpaired) electrons. The number of halogens is 1. The van der Waals surface area contributed by atoms with E-state index in [2.05, 4.69) is 22.0 Å². The third-order valence-corrected chi connectivity index (χ3v) is 3.09. The lowest BCUT2D eigenvalue weighted by atomic mass is 9.93. The second-order valence-corrected chi connectivity index (χ2v) is 4.55. The summed E-state index contributed by atoms with van der Waals surface area (Å²) >= 11 is 3.42. The summed E-state index contributed by atoms with van der Waals surface area (Å²) in [5, 5.41) is 9.73. The third-order valence-electron chi connectivity index (χ3n) is 2.60. The van der Waals surface area contributed by atoms with E-state index in [0.29, 0.717) is 5.75 Å². The topological polar surface area (TPSA) is 20.2 Å². The van der Waals surface area contributed by atoms with E-state index in [1.165, 1.54) is 18.4 Å². The Hall–Kier alpha value is -0.760. The highest BCUT2D eigenvalue weighted by Gasteiger charge is 2.10. The van der Waals surface area contributed by atoms with Crippen LogP contribution in [0.15, 0.2) is 28.7 Å². The van der Waals surface area contributed by atoms with Gasteiger partial charge in [0.15, 0.2) is 0 Å². The number of benzene rings is 1. The summed E-state index contributed by atoms with van der Waals surface area (Å²) in [6, 6.07) is 5.60. The summed E-state index contributed by atoms with van der Waals surface area (Å²) in [7, 11) is 0. The van der Waals surface area contributed by atoms with Crippen molar-refractivity contribution in [1.82, 2.24) is 0 Å². The lowest BCUT2D eigenvalue weighted by Crippen LogP contribution is -1.92. The Kier molecular flexibility index (Phi) is 2.92. The molecule has 0 atom stereocenters. The first kappa shape index (κ1) is 9.78. The maximum atomic E-state index is 9.73. The number of hydrogen-bond acceptors (Lipinski definition) is 1. The molecular formula is C12H13BrO. The van der Waals surface area contributed by atoms with E-state index in [4.69, 9.17) is 0 Å². The standard InChI is InChI=1S/C12H13BrO/c13-10-6-7-12(14)11(8-10)9-4-2-1-3-5-9/h4,6-8,14H,1-3,5H2. The Morgan fingerprint density at radius 1 is 1.21 bits per heavy atom. The van der Waals surface area contributed by atoms with Gasteiger partial charge in [-0.25, -0.2) is 0 Å². The van der Waals surface area contributed by atoms with Crippen LogP contribution in [-0.2, 0) is 0 Å². The van der Waals surface area contributed by atoms with Gasteiger partial charge in [-0.05, 0) is 49.5 Å². The average Bonchev–Trinajstić information content (AvgIpc) is 2.23. The van der Waals surface area contributed by atoms with Crippen molar-refractivity contribution >= 4 is 21.5 Å². The van der Waals surface area contributed by atoms with E-state index in [1.54, 1.807) is 6.07 Å². The minimum atomic E-state index is 0.390. The molecule has 14 heavy (non-hydrogen) atoms. The molecule has 0 amide bonds. The van der Waals surface area contributed by atoms with E-state index in [9.17, 15) is 5.11 Å². The quantitative estimate of drug-likeness (QED) is 0.798. The number of rotatable bonds is 1. The van der Waals surface area contributed by atoms with Crippen LogP contribution in [0, 0.1) is 0 Å². The Morgan fingerprint density at radius 2 is 2.07 bits per heavy atom. The molecule has 74 valence electrons. The molecule has 1 aromatic carbocycles. The summed E-state index contributed by atoms with van der Waals surface area (Å²) in [6.07, 6.45) is 6.98. The van der Waals surface area contributed by atoms with Crippen molar-refractivity contribution < 1.29 is 5.11 Å². The molecule has 0 heterocycles. The molecular weight excluding hydrogens is 240 g/mol. The summed E-state index contributed by atoms with van der Waals surface area (Å²) in [4.78, 5) is 0. The highest BCUT2D eigenvalue weighted by atomic mass is 79.9. The number of hydrogen-bond donors (Lipinski definition) is 1. The van der Waals surface area contributed by atoms with Crippen LogP contribution in [0.1, 0.15) is 31.2 Å². The lowest BCUT2D eigenvalue weighted by Gasteiger charge is -2.14. The largest absolute Gasteiger partial charge is 0.507 e. The fourth-order valence-corrected chi connectivity index (χ4v) is 2.21. The Labute approximate surface area is 92.6 Å². The predicted octanol–water partition coefficient (Wildman–Crippen LogP) is 4.11. The first-order chi connectivity index (χ1) is 6.77. The maximum Gasteiger partial charge on any atom is 0.123 e. The molecule has 1 aromatic rings. The van der Waals surface area contributed by atoms with Crippen molar-refractivity contribution in [1.29, 1.82) is 0 Å². The van der Waals surface area contributed by atoms with Crippen LogP contribution < -0.4 is 0 Å². The first-order valence-electron chi connectivity index (χ1n) is 4.95.